The fraction of sp³-hybridized carbons (Fsp3) is 0.154. The summed E-state index contributed by atoms with van der Waals surface area (Å²) < 4.78 is 11.6. The van der Waals surface area contributed by atoms with E-state index in [1.807, 2.05) is 71.6 Å². The van der Waals surface area contributed by atoms with Crippen molar-refractivity contribution in [2.24, 2.45) is 0 Å². The Labute approximate surface area is 185 Å². The van der Waals surface area contributed by atoms with Gasteiger partial charge in [-0.25, -0.2) is 9.69 Å². The molecule has 160 valence electrons. The number of fused-ring (bicyclic) bond motifs is 2. The smallest absolute Gasteiger partial charge is 0.418 e. The fourth-order valence-electron chi connectivity index (χ4n) is 3.95. The Morgan fingerprint density at radius 3 is 2.28 bits per heavy atom. The van der Waals surface area contributed by atoms with Gasteiger partial charge in [-0.15, -0.1) is 0 Å². The molecule has 1 amide bonds. The molecule has 0 bridgehead atoms. The summed E-state index contributed by atoms with van der Waals surface area (Å²) in [5, 5.41) is 0.505. The van der Waals surface area contributed by atoms with Gasteiger partial charge in [0.1, 0.15) is 12.2 Å². The van der Waals surface area contributed by atoms with Crippen LogP contribution >= 0.6 is 0 Å². The van der Waals surface area contributed by atoms with Gasteiger partial charge in [-0.1, -0.05) is 72.8 Å². The first-order chi connectivity index (χ1) is 15.7. The van der Waals surface area contributed by atoms with Crippen LogP contribution in [0.4, 0.5) is 10.7 Å². The van der Waals surface area contributed by atoms with Crippen LogP contribution in [0.5, 0.6) is 0 Å². The number of rotatable bonds is 4. The number of carbonyl (C=O) groups is 1. The molecule has 0 unspecified atom stereocenters. The van der Waals surface area contributed by atoms with Crippen LogP contribution in [0.1, 0.15) is 16.7 Å². The Hall–Kier alpha value is -3.90. The van der Waals surface area contributed by atoms with Crippen molar-refractivity contribution < 1.29 is 13.9 Å². The van der Waals surface area contributed by atoms with Crippen LogP contribution in [0.25, 0.3) is 11.0 Å². The van der Waals surface area contributed by atoms with Gasteiger partial charge in [0.15, 0.2) is 5.43 Å². The van der Waals surface area contributed by atoms with Crippen LogP contribution in [-0.2, 0) is 24.4 Å². The largest absolute Gasteiger partial charge is 0.444 e. The summed E-state index contributed by atoms with van der Waals surface area (Å²) in [7, 11) is 0. The molecule has 0 radical (unpaired) electrons. The summed E-state index contributed by atoms with van der Waals surface area (Å²) >= 11 is 0. The van der Waals surface area contributed by atoms with Crippen molar-refractivity contribution >= 4 is 22.9 Å². The zero-order chi connectivity index (χ0) is 21.9. The van der Waals surface area contributed by atoms with E-state index in [2.05, 4.69) is 0 Å². The molecule has 0 fully saturated rings. The number of carbonyl (C=O) groups excluding carboxylic acids is 1. The fourth-order valence-corrected chi connectivity index (χ4v) is 3.95. The van der Waals surface area contributed by atoms with Crippen LogP contribution < -0.4 is 10.3 Å². The molecule has 6 heteroatoms. The third kappa shape index (κ3) is 4.00. The summed E-state index contributed by atoms with van der Waals surface area (Å²) in [4.78, 5) is 29.8. The van der Waals surface area contributed by atoms with Crippen LogP contribution in [0.2, 0.25) is 0 Å². The number of nitrogens with zero attached hydrogens (tertiary/aromatic N) is 2. The lowest BCUT2D eigenvalue weighted by atomic mass is 10.1. The predicted molar refractivity (Wildman–Crippen MR) is 122 cm³/mol. The highest BCUT2D eigenvalue weighted by Crippen LogP contribution is 2.30. The second-order valence-electron chi connectivity index (χ2n) is 7.79. The molecule has 0 saturated heterocycles. The van der Waals surface area contributed by atoms with Crippen molar-refractivity contribution in [1.29, 1.82) is 0 Å². The molecule has 2 heterocycles. The predicted octanol–water partition coefficient (Wildman–Crippen LogP) is 4.91. The maximum Gasteiger partial charge on any atom is 0.418 e. The average Bonchev–Trinajstić information content (AvgIpc) is 2.84. The van der Waals surface area contributed by atoms with Crippen LogP contribution in [0, 0.1) is 0 Å². The zero-order valence-corrected chi connectivity index (χ0v) is 17.4. The summed E-state index contributed by atoms with van der Waals surface area (Å²) in [6.45, 7) is 1.38. The minimum atomic E-state index is -0.550. The Kier molecular flexibility index (Phi) is 5.44. The standard InChI is InChI=1S/C26H22N2O4/c29-24-21-13-7-8-14-23(21)32-25-22(24)16-27(15-19-9-3-1-4-10-19)18-28(25)26(30)31-17-20-11-5-2-6-12-20/h1-14H,15-18H2. The SMILES string of the molecule is O=C(OCc1ccccc1)N1CN(Cc2ccccc2)Cc2c1oc1ccccc1c2=O. The van der Waals surface area contributed by atoms with Gasteiger partial charge in [-0.05, 0) is 23.3 Å². The lowest BCUT2D eigenvalue weighted by Crippen LogP contribution is -2.47. The maximum absolute atomic E-state index is 13.3. The molecule has 0 spiro atoms. The zero-order valence-electron chi connectivity index (χ0n) is 17.4. The number of anilines is 1. The normalized spacial score (nSPS) is 13.7. The maximum atomic E-state index is 13.3. The van der Waals surface area contributed by atoms with Crippen LogP contribution in [-0.4, -0.2) is 17.7 Å². The van der Waals surface area contributed by atoms with Gasteiger partial charge >= 0.3 is 6.09 Å². The summed E-state index contributed by atoms with van der Waals surface area (Å²) in [6, 6.07) is 26.5. The first kappa shape index (κ1) is 20.0. The molecule has 0 saturated carbocycles. The number of ether oxygens (including phenoxy) is 1. The first-order valence-electron chi connectivity index (χ1n) is 10.5. The quantitative estimate of drug-likeness (QED) is 0.464. The van der Waals surface area contributed by atoms with Gasteiger partial charge in [0, 0.05) is 13.1 Å². The molecule has 3 aromatic carbocycles. The average molecular weight is 426 g/mol. The third-order valence-corrected chi connectivity index (χ3v) is 5.51. The highest BCUT2D eigenvalue weighted by atomic mass is 16.6. The molecule has 4 aromatic rings. The summed E-state index contributed by atoms with van der Waals surface area (Å²) in [5.41, 5.74) is 2.77. The van der Waals surface area contributed by atoms with E-state index in [0.717, 1.165) is 11.1 Å². The van der Waals surface area contributed by atoms with Gasteiger partial charge in [-0.2, -0.15) is 0 Å². The molecular formula is C26H22N2O4. The number of benzene rings is 3. The Balaban J connectivity index is 1.49. The lowest BCUT2D eigenvalue weighted by Gasteiger charge is -2.34. The molecule has 0 atom stereocenters. The van der Waals surface area contributed by atoms with E-state index in [-0.39, 0.29) is 24.6 Å². The van der Waals surface area contributed by atoms with E-state index in [4.69, 9.17) is 9.15 Å². The Morgan fingerprint density at radius 1 is 0.875 bits per heavy atom. The van der Waals surface area contributed by atoms with E-state index in [1.54, 1.807) is 18.2 Å². The molecule has 5 rings (SSSR count). The topological polar surface area (TPSA) is 63.0 Å². The number of amides is 1. The van der Waals surface area contributed by atoms with Crippen molar-refractivity contribution in [3.63, 3.8) is 0 Å². The number of hydrogen-bond acceptors (Lipinski definition) is 5. The molecule has 6 nitrogen and oxygen atoms in total. The highest BCUT2D eigenvalue weighted by Gasteiger charge is 2.33. The molecule has 0 aliphatic carbocycles. The molecule has 0 N–H and O–H groups in total. The lowest BCUT2D eigenvalue weighted by molar-refractivity contribution is 0.134. The molecule has 1 aliphatic heterocycles. The number of para-hydroxylation sites is 1. The highest BCUT2D eigenvalue weighted by molar-refractivity contribution is 5.89. The number of hydrogen-bond donors (Lipinski definition) is 0. The monoisotopic (exact) mass is 426 g/mol. The van der Waals surface area contributed by atoms with E-state index >= 15 is 0 Å². The van der Waals surface area contributed by atoms with Crippen molar-refractivity contribution in [2.75, 3.05) is 11.6 Å². The third-order valence-electron chi connectivity index (χ3n) is 5.51. The second-order valence-corrected chi connectivity index (χ2v) is 7.79. The van der Waals surface area contributed by atoms with Crippen molar-refractivity contribution in [2.45, 2.75) is 19.7 Å². The Bertz CT molecular complexity index is 1300. The van der Waals surface area contributed by atoms with E-state index in [9.17, 15) is 9.59 Å². The Morgan fingerprint density at radius 2 is 1.53 bits per heavy atom. The molecule has 32 heavy (non-hydrogen) atoms. The summed E-state index contributed by atoms with van der Waals surface area (Å²) in [5.74, 6) is 0.260. The van der Waals surface area contributed by atoms with Gasteiger partial charge in [0.2, 0.25) is 5.88 Å². The first-order valence-corrected chi connectivity index (χ1v) is 10.5. The van der Waals surface area contributed by atoms with Gasteiger partial charge < -0.3 is 9.15 Å². The minimum Gasteiger partial charge on any atom is -0.444 e. The second kappa shape index (κ2) is 8.69. The van der Waals surface area contributed by atoms with Crippen LogP contribution in [0.15, 0.2) is 94.1 Å². The van der Waals surface area contributed by atoms with Gasteiger partial charge in [0.05, 0.1) is 17.6 Å². The molecule has 1 aliphatic rings. The van der Waals surface area contributed by atoms with E-state index in [1.165, 1.54) is 4.90 Å². The van der Waals surface area contributed by atoms with Gasteiger partial charge in [-0.3, -0.25) is 9.69 Å². The van der Waals surface area contributed by atoms with Crippen molar-refractivity contribution in [1.82, 2.24) is 4.90 Å². The van der Waals surface area contributed by atoms with Crippen molar-refractivity contribution in [3.8, 4) is 0 Å². The van der Waals surface area contributed by atoms with E-state index in [0.29, 0.717) is 29.6 Å². The van der Waals surface area contributed by atoms with Crippen LogP contribution in [0.3, 0.4) is 0 Å². The minimum absolute atomic E-state index is 0.125. The van der Waals surface area contributed by atoms with Crippen molar-refractivity contribution in [3.05, 3.63) is 112 Å². The van der Waals surface area contributed by atoms with E-state index < -0.39 is 6.09 Å². The van der Waals surface area contributed by atoms with Gasteiger partial charge in [0.25, 0.3) is 0 Å². The summed E-state index contributed by atoms with van der Waals surface area (Å²) in [6.07, 6.45) is -0.550. The molecule has 1 aromatic heterocycles. The molecular weight excluding hydrogens is 404 g/mol.